The summed E-state index contributed by atoms with van der Waals surface area (Å²) in [6.45, 7) is -0.585. The Balaban J connectivity index is 1.19. The molecule has 0 radical (unpaired) electrons. The topological polar surface area (TPSA) is 64.7 Å². The molecule has 3 heterocycles. The molecule has 0 unspecified atom stereocenters. The van der Waals surface area contributed by atoms with Crippen molar-refractivity contribution in [3.05, 3.63) is 100 Å². The van der Waals surface area contributed by atoms with Gasteiger partial charge in [0.15, 0.2) is 0 Å². The van der Waals surface area contributed by atoms with Crippen LogP contribution >= 0.6 is 0 Å². The molecular formula is C25H20F2N2O4. The van der Waals surface area contributed by atoms with Gasteiger partial charge in [-0.2, -0.15) is 0 Å². The van der Waals surface area contributed by atoms with Gasteiger partial charge in [-0.3, -0.25) is 9.59 Å². The molecule has 168 valence electrons. The molecule has 1 amide bonds. The number of hydrogen-bond acceptors (Lipinski definition) is 4. The summed E-state index contributed by atoms with van der Waals surface area (Å²) in [6, 6.07) is 15.8. The zero-order valence-electron chi connectivity index (χ0n) is 17.5. The number of benzene rings is 2. The van der Waals surface area contributed by atoms with Crippen LogP contribution in [0.15, 0.2) is 82.5 Å². The van der Waals surface area contributed by atoms with Crippen molar-refractivity contribution in [2.45, 2.75) is 19.1 Å². The Morgan fingerprint density at radius 2 is 1.70 bits per heavy atom. The Kier molecular flexibility index (Phi) is 5.20. The second-order valence-corrected chi connectivity index (χ2v) is 8.14. The second kappa shape index (κ2) is 8.20. The van der Waals surface area contributed by atoms with Gasteiger partial charge in [-0.05, 0) is 28.5 Å². The van der Waals surface area contributed by atoms with Crippen molar-refractivity contribution >= 4 is 16.7 Å². The van der Waals surface area contributed by atoms with Crippen molar-refractivity contribution in [2.75, 3.05) is 13.1 Å². The molecular weight excluding hydrogens is 430 g/mol. The molecule has 1 saturated heterocycles. The largest absolute Gasteiger partial charge is 0.482 e. The molecule has 8 heteroatoms. The van der Waals surface area contributed by atoms with Gasteiger partial charge in [-0.25, -0.2) is 8.78 Å². The van der Waals surface area contributed by atoms with Gasteiger partial charge in [0.25, 0.3) is 11.8 Å². The predicted molar refractivity (Wildman–Crippen MR) is 118 cm³/mol. The number of halogens is 2. The van der Waals surface area contributed by atoms with E-state index in [0.29, 0.717) is 17.9 Å². The first-order valence-electron chi connectivity index (χ1n) is 10.4. The van der Waals surface area contributed by atoms with Crippen molar-refractivity contribution in [2.24, 2.45) is 0 Å². The number of aromatic nitrogens is 1. The van der Waals surface area contributed by atoms with E-state index in [9.17, 15) is 18.4 Å². The van der Waals surface area contributed by atoms with E-state index >= 15 is 0 Å². The van der Waals surface area contributed by atoms with Gasteiger partial charge in [-0.15, -0.1) is 0 Å². The molecule has 0 N–H and O–H groups in total. The Hall–Kier alpha value is -3.94. The highest BCUT2D eigenvalue weighted by Crippen LogP contribution is 2.28. The number of alkyl halides is 2. The molecule has 6 nitrogen and oxygen atoms in total. The zero-order valence-corrected chi connectivity index (χ0v) is 17.5. The fourth-order valence-corrected chi connectivity index (χ4v) is 3.78. The molecule has 2 aromatic heterocycles. The number of likely N-dealkylation sites (tertiary alicyclic amines) is 1. The van der Waals surface area contributed by atoms with Gasteiger partial charge in [0.05, 0.1) is 19.6 Å². The highest BCUT2D eigenvalue weighted by Gasteiger charge is 2.46. The van der Waals surface area contributed by atoms with E-state index in [2.05, 4.69) is 0 Å². The summed E-state index contributed by atoms with van der Waals surface area (Å²) >= 11 is 0. The van der Waals surface area contributed by atoms with Gasteiger partial charge in [0.1, 0.15) is 18.6 Å². The number of carbonyl (C=O) groups excluding carboxylic acids is 1. The van der Waals surface area contributed by atoms with Crippen LogP contribution < -0.4 is 10.2 Å². The molecule has 2 aromatic carbocycles. The standard InChI is InChI=1S/C25H20F2N2O4/c26-25(27)15-29(16-25)24(31)18-7-5-17(6-8-18)13-33-23-14-32-21(9-22(23)30)12-28-10-19-3-1-2-4-20(19)11-28/h1-11,14H,12-13,15-16H2. The average molecular weight is 450 g/mol. The van der Waals surface area contributed by atoms with Crippen molar-refractivity contribution in [1.29, 1.82) is 0 Å². The summed E-state index contributed by atoms with van der Waals surface area (Å²) in [7, 11) is 0. The van der Waals surface area contributed by atoms with Crippen molar-refractivity contribution in [1.82, 2.24) is 9.47 Å². The van der Waals surface area contributed by atoms with Crippen LogP contribution in [-0.2, 0) is 13.2 Å². The molecule has 4 aromatic rings. The molecule has 0 bridgehead atoms. The molecule has 1 aliphatic heterocycles. The quantitative estimate of drug-likeness (QED) is 0.439. The van der Waals surface area contributed by atoms with Gasteiger partial charge >= 0.3 is 0 Å². The Bertz CT molecular complexity index is 1330. The smallest absolute Gasteiger partial charge is 0.282 e. The van der Waals surface area contributed by atoms with Crippen LogP contribution in [-0.4, -0.2) is 34.4 Å². The highest BCUT2D eigenvalue weighted by atomic mass is 19.3. The van der Waals surface area contributed by atoms with Crippen LogP contribution in [0, 0.1) is 0 Å². The number of rotatable bonds is 6. The molecule has 5 rings (SSSR count). The van der Waals surface area contributed by atoms with Gasteiger partial charge < -0.3 is 18.6 Å². The maximum atomic E-state index is 13.0. The minimum atomic E-state index is -2.80. The van der Waals surface area contributed by atoms with E-state index in [1.807, 2.05) is 41.2 Å². The van der Waals surface area contributed by atoms with E-state index in [4.69, 9.17) is 9.15 Å². The van der Waals surface area contributed by atoms with Crippen LogP contribution in [0.25, 0.3) is 10.8 Å². The highest BCUT2D eigenvalue weighted by molar-refractivity contribution is 5.94. The molecule has 0 saturated carbocycles. The summed E-state index contributed by atoms with van der Waals surface area (Å²) in [5, 5.41) is 2.21. The van der Waals surface area contributed by atoms with Crippen molar-refractivity contribution in [3.63, 3.8) is 0 Å². The van der Waals surface area contributed by atoms with Crippen molar-refractivity contribution < 1.29 is 22.7 Å². The Morgan fingerprint density at radius 3 is 2.30 bits per heavy atom. The van der Waals surface area contributed by atoms with Gasteiger partial charge in [-0.1, -0.05) is 36.4 Å². The first-order chi connectivity index (χ1) is 15.9. The minimum Gasteiger partial charge on any atom is -0.482 e. The van der Waals surface area contributed by atoms with E-state index in [-0.39, 0.29) is 17.8 Å². The zero-order chi connectivity index (χ0) is 23.0. The molecule has 33 heavy (non-hydrogen) atoms. The van der Waals surface area contributed by atoms with Crippen LogP contribution in [0.1, 0.15) is 21.7 Å². The number of fused-ring (bicyclic) bond motifs is 1. The fourth-order valence-electron chi connectivity index (χ4n) is 3.78. The summed E-state index contributed by atoms with van der Waals surface area (Å²) in [6.07, 6.45) is 5.27. The number of nitrogens with zero attached hydrogens (tertiary/aromatic N) is 2. The SMILES string of the molecule is O=C(c1ccc(COc2coc(Cn3cc4ccccc4c3)cc2=O)cc1)N1CC(F)(F)C1. The van der Waals surface area contributed by atoms with Crippen LogP contribution in [0.3, 0.4) is 0 Å². The maximum absolute atomic E-state index is 13.0. The second-order valence-electron chi connectivity index (χ2n) is 8.14. The number of amides is 1. The molecule has 1 fully saturated rings. The van der Waals surface area contributed by atoms with Gasteiger partial charge in [0.2, 0.25) is 11.2 Å². The third-order valence-corrected chi connectivity index (χ3v) is 5.52. The number of hydrogen-bond donors (Lipinski definition) is 0. The fraction of sp³-hybridized carbons (Fsp3) is 0.200. The van der Waals surface area contributed by atoms with E-state index in [0.717, 1.165) is 21.2 Å². The summed E-state index contributed by atoms with van der Waals surface area (Å²) in [5.74, 6) is -2.64. The molecule has 0 atom stereocenters. The maximum Gasteiger partial charge on any atom is 0.282 e. The third kappa shape index (κ3) is 4.50. The number of carbonyl (C=O) groups is 1. The lowest BCUT2D eigenvalue weighted by Crippen LogP contribution is -2.58. The Labute approximate surface area is 187 Å². The normalized spacial score (nSPS) is 14.8. The van der Waals surface area contributed by atoms with E-state index in [1.165, 1.54) is 12.3 Å². The lowest BCUT2D eigenvalue weighted by atomic mass is 10.1. The van der Waals surface area contributed by atoms with Crippen molar-refractivity contribution in [3.8, 4) is 5.75 Å². The summed E-state index contributed by atoms with van der Waals surface area (Å²) in [4.78, 5) is 25.7. The van der Waals surface area contributed by atoms with E-state index in [1.54, 1.807) is 24.3 Å². The lowest BCUT2D eigenvalue weighted by Gasteiger charge is -2.38. The van der Waals surface area contributed by atoms with E-state index < -0.39 is 24.9 Å². The third-order valence-electron chi connectivity index (χ3n) is 5.52. The first kappa shape index (κ1) is 20.9. The van der Waals surface area contributed by atoms with Crippen LogP contribution in [0.4, 0.5) is 8.78 Å². The summed E-state index contributed by atoms with van der Waals surface area (Å²) in [5.41, 5.74) is 0.761. The number of ether oxygens (including phenoxy) is 1. The Morgan fingerprint density at radius 1 is 1.03 bits per heavy atom. The predicted octanol–water partition coefficient (Wildman–Crippen LogP) is 4.31. The first-order valence-corrected chi connectivity index (χ1v) is 10.4. The molecule has 1 aliphatic rings. The molecule has 0 aliphatic carbocycles. The van der Waals surface area contributed by atoms with Crippen LogP contribution in [0.5, 0.6) is 5.75 Å². The average Bonchev–Trinajstić information content (AvgIpc) is 3.19. The van der Waals surface area contributed by atoms with Crippen LogP contribution in [0.2, 0.25) is 0 Å². The lowest BCUT2D eigenvalue weighted by molar-refractivity contribution is -0.113. The minimum absolute atomic E-state index is 0.0828. The molecule has 0 spiro atoms. The summed E-state index contributed by atoms with van der Waals surface area (Å²) < 4.78 is 39.0. The van der Waals surface area contributed by atoms with Gasteiger partial charge in [0, 0.05) is 24.0 Å². The monoisotopic (exact) mass is 450 g/mol.